The molecule has 7 rings (SSSR count). The van der Waals surface area contributed by atoms with Gasteiger partial charge in [-0.2, -0.15) is 0 Å². The molecule has 1 aromatic heterocycles. The molecular weight excluding hydrogens is 545 g/mol. The number of para-hydroxylation sites is 1. The maximum absolute atomic E-state index is 13.2. The second-order valence-electron chi connectivity index (χ2n) is 10.1. The van der Waals surface area contributed by atoms with Crippen molar-refractivity contribution < 1.29 is 14.4 Å². The Morgan fingerprint density at radius 2 is 1.57 bits per heavy atom. The highest BCUT2D eigenvalue weighted by Gasteiger charge is 2.38. The monoisotopic (exact) mass is 567 g/mol. The number of hydrogen-bond acceptors (Lipinski definition) is 3. The Morgan fingerprint density at radius 3 is 2.40 bits per heavy atom. The Kier molecular flexibility index (Phi) is 5.91. The van der Waals surface area contributed by atoms with Gasteiger partial charge >= 0.3 is 0 Å². The molecule has 1 aliphatic carbocycles. The molecule has 2 heterocycles. The van der Waals surface area contributed by atoms with E-state index >= 15 is 0 Å². The molecule has 6 nitrogen and oxygen atoms in total. The first kappa shape index (κ1) is 24.9. The zero-order chi connectivity index (χ0) is 27.5. The Labute approximate surface area is 239 Å². The lowest BCUT2D eigenvalue weighted by Crippen LogP contribution is -2.26. The summed E-state index contributed by atoms with van der Waals surface area (Å²) in [4.78, 5) is 39.1. The predicted molar refractivity (Wildman–Crippen MR) is 157 cm³/mol. The minimum atomic E-state index is -0.349. The number of carbonyl (C=O) groups is 3. The highest BCUT2D eigenvalue weighted by Crippen LogP contribution is 2.47. The van der Waals surface area contributed by atoms with Crippen LogP contribution < -0.4 is 10.6 Å². The average molecular weight is 568 g/mol. The number of nitrogens with one attached hydrogen (secondary N) is 2. The fraction of sp³-hybridized carbons (Fsp3) is 0.156. The molecule has 198 valence electrons. The molecule has 5 aromatic rings. The minimum Gasteiger partial charge on any atom is -0.352 e. The van der Waals surface area contributed by atoms with Crippen LogP contribution in [-0.4, -0.2) is 28.8 Å². The van der Waals surface area contributed by atoms with E-state index in [0.717, 1.165) is 44.9 Å². The van der Waals surface area contributed by atoms with Crippen molar-refractivity contribution in [2.24, 2.45) is 0 Å². The number of halogens is 2. The van der Waals surface area contributed by atoms with Gasteiger partial charge in [-0.1, -0.05) is 71.7 Å². The lowest BCUT2D eigenvalue weighted by atomic mass is 9.80. The van der Waals surface area contributed by atoms with Crippen molar-refractivity contribution in [3.63, 3.8) is 0 Å². The van der Waals surface area contributed by atoms with Gasteiger partial charge in [-0.25, -0.2) is 0 Å². The smallest absolute Gasteiger partial charge is 0.259 e. The summed E-state index contributed by atoms with van der Waals surface area (Å²) < 4.78 is 2.23. The van der Waals surface area contributed by atoms with Crippen LogP contribution >= 0.6 is 23.2 Å². The molecule has 0 saturated heterocycles. The second-order valence-corrected chi connectivity index (χ2v) is 11.0. The largest absolute Gasteiger partial charge is 0.352 e. The van der Waals surface area contributed by atoms with Gasteiger partial charge in [-0.3, -0.25) is 19.7 Å². The van der Waals surface area contributed by atoms with Gasteiger partial charge < -0.3 is 9.88 Å². The van der Waals surface area contributed by atoms with E-state index in [1.807, 2.05) is 36.4 Å². The number of fused-ring (bicyclic) bond motifs is 10. The van der Waals surface area contributed by atoms with Crippen LogP contribution in [0.4, 0.5) is 0 Å². The number of carbonyl (C=O) groups excluding carboxylic acids is 3. The number of benzene rings is 4. The van der Waals surface area contributed by atoms with Gasteiger partial charge in [0.15, 0.2) is 0 Å². The number of nitrogens with zero attached hydrogens (tertiary/aromatic N) is 1. The van der Waals surface area contributed by atoms with E-state index in [0.29, 0.717) is 47.1 Å². The number of aromatic nitrogens is 1. The van der Waals surface area contributed by atoms with E-state index in [4.69, 9.17) is 23.2 Å². The van der Waals surface area contributed by atoms with E-state index in [1.165, 1.54) is 5.56 Å². The molecular formula is C32H23Cl2N3O3. The van der Waals surface area contributed by atoms with Crippen molar-refractivity contribution in [1.82, 2.24) is 15.2 Å². The summed E-state index contributed by atoms with van der Waals surface area (Å²) in [6.07, 6.45) is 2.11. The average Bonchev–Trinajstić information content (AvgIpc) is 3.44. The van der Waals surface area contributed by atoms with Gasteiger partial charge in [-0.15, -0.1) is 0 Å². The van der Waals surface area contributed by atoms with Crippen molar-refractivity contribution in [2.45, 2.75) is 25.8 Å². The van der Waals surface area contributed by atoms with Gasteiger partial charge in [0.05, 0.1) is 32.3 Å². The van der Waals surface area contributed by atoms with E-state index in [-0.39, 0.29) is 23.3 Å². The summed E-state index contributed by atoms with van der Waals surface area (Å²) in [6, 6.07) is 21.2. The molecule has 0 atom stereocenters. The van der Waals surface area contributed by atoms with E-state index in [9.17, 15) is 14.4 Å². The first-order valence-electron chi connectivity index (χ1n) is 13.2. The highest BCUT2D eigenvalue weighted by atomic mass is 35.5. The summed E-state index contributed by atoms with van der Waals surface area (Å²) in [5.74, 6) is -0.995. The van der Waals surface area contributed by atoms with Crippen LogP contribution in [0.5, 0.6) is 0 Å². The highest BCUT2D eigenvalue weighted by molar-refractivity contribution is 6.39. The summed E-state index contributed by atoms with van der Waals surface area (Å²) in [6.45, 7) is 0.987. The molecule has 40 heavy (non-hydrogen) atoms. The standard InChI is InChI=1S/C32H23Cl2N3O3/c33-21-10-5-11-22(34)27(21)30(38)35-15-6-16-37-23-12-4-3-9-19(23)25-28-26(31(39)36-32(28)40)20-14-13-17-7-1-2-8-18(17)24(20)29(25)37/h1-5,7-12H,6,13-16H2,(H,35,38)(H,36,39,40). The molecule has 1 aliphatic heterocycles. The van der Waals surface area contributed by atoms with E-state index < -0.39 is 0 Å². The fourth-order valence-electron chi connectivity index (χ4n) is 6.32. The molecule has 0 fully saturated rings. The van der Waals surface area contributed by atoms with Crippen LogP contribution in [0.1, 0.15) is 48.6 Å². The number of rotatable bonds is 5. The lowest BCUT2D eigenvalue weighted by Gasteiger charge is -2.24. The van der Waals surface area contributed by atoms with E-state index in [2.05, 4.69) is 27.3 Å². The molecule has 3 amide bonds. The topological polar surface area (TPSA) is 80.2 Å². The Balaban J connectivity index is 1.36. The summed E-state index contributed by atoms with van der Waals surface area (Å²) in [5, 5.41) is 7.84. The molecule has 4 aromatic carbocycles. The predicted octanol–water partition coefficient (Wildman–Crippen LogP) is 6.57. The van der Waals surface area contributed by atoms with Gasteiger partial charge in [0.1, 0.15) is 0 Å². The lowest BCUT2D eigenvalue weighted by molar-refractivity contribution is 0.0878. The van der Waals surface area contributed by atoms with Crippen LogP contribution in [0.2, 0.25) is 10.0 Å². The van der Waals surface area contributed by atoms with Crippen molar-refractivity contribution in [3.05, 3.63) is 105 Å². The molecule has 2 aliphatic rings. The van der Waals surface area contributed by atoms with Crippen LogP contribution in [0.25, 0.3) is 32.9 Å². The summed E-state index contributed by atoms with van der Waals surface area (Å²) >= 11 is 12.4. The molecule has 0 bridgehead atoms. The van der Waals surface area contributed by atoms with Crippen LogP contribution in [0.3, 0.4) is 0 Å². The van der Waals surface area contributed by atoms with E-state index in [1.54, 1.807) is 18.2 Å². The zero-order valence-electron chi connectivity index (χ0n) is 21.3. The first-order chi connectivity index (χ1) is 19.5. The fourth-order valence-corrected chi connectivity index (χ4v) is 6.89. The van der Waals surface area contributed by atoms with Gasteiger partial charge in [-0.05, 0) is 54.2 Å². The van der Waals surface area contributed by atoms with Crippen molar-refractivity contribution in [1.29, 1.82) is 0 Å². The van der Waals surface area contributed by atoms with Crippen LogP contribution in [0.15, 0.2) is 66.7 Å². The second kappa shape index (κ2) is 9.51. The third kappa shape index (κ3) is 3.67. The molecule has 0 unspecified atom stereocenters. The number of aryl methyl sites for hydroxylation is 2. The van der Waals surface area contributed by atoms with Crippen molar-refractivity contribution in [3.8, 4) is 11.1 Å². The molecule has 0 saturated carbocycles. The third-order valence-corrected chi connectivity index (χ3v) is 8.59. The first-order valence-corrected chi connectivity index (χ1v) is 14.0. The SMILES string of the molecule is O=C(NCCCn1c2ccccc2c2c3c(c4c(c21)-c1ccccc1CC4)C(=O)NC3=O)c1c(Cl)cccc1Cl. The number of amides is 3. The summed E-state index contributed by atoms with van der Waals surface area (Å²) in [5.41, 5.74) is 7.43. The Hall–Kier alpha value is -4.13. The van der Waals surface area contributed by atoms with Crippen LogP contribution in [-0.2, 0) is 19.4 Å². The van der Waals surface area contributed by atoms with Crippen molar-refractivity contribution >= 4 is 62.7 Å². The maximum Gasteiger partial charge on any atom is 0.259 e. The normalized spacial score (nSPS) is 13.8. The molecule has 0 radical (unpaired) electrons. The van der Waals surface area contributed by atoms with Gasteiger partial charge in [0.2, 0.25) is 0 Å². The summed E-state index contributed by atoms with van der Waals surface area (Å²) in [7, 11) is 0. The minimum absolute atomic E-state index is 0.264. The van der Waals surface area contributed by atoms with Gasteiger partial charge in [0.25, 0.3) is 17.7 Å². The van der Waals surface area contributed by atoms with Gasteiger partial charge in [0, 0.05) is 34.9 Å². The number of imide groups is 1. The Morgan fingerprint density at radius 1 is 0.850 bits per heavy atom. The Bertz CT molecular complexity index is 1900. The van der Waals surface area contributed by atoms with Crippen molar-refractivity contribution in [2.75, 3.05) is 6.54 Å². The third-order valence-electron chi connectivity index (χ3n) is 7.96. The zero-order valence-corrected chi connectivity index (χ0v) is 22.8. The molecule has 0 spiro atoms. The quantitative estimate of drug-likeness (QED) is 0.186. The molecule has 8 heteroatoms. The maximum atomic E-state index is 13.2. The molecule has 2 N–H and O–H groups in total. The number of hydrogen-bond donors (Lipinski definition) is 2. The van der Waals surface area contributed by atoms with Crippen LogP contribution in [0, 0.1) is 0 Å².